The van der Waals surface area contributed by atoms with Crippen LogP contribution in [0.15, 0.2) is 0 Å². The van der Waals surface area contributed by atoms with Crippen LogP contribution < -0.4 is 0 Å². The Morgan fingerprint density at radius 3 is 2.27 bits per heavy atom. The molecule has 0 bridgehead atoms. The van der Waals surface area contributed by atoms with Gasteiger partial charge in [0, 0.05) is 30.6 Å². The molecule has 298 valence electrons. The molecule has 4 aliphatic carbocycles. The topological polar surface area (TPSA) is 217 Å². The summed E-state index contributed by atoms with van der Waals surface area (Å²) < 4.78 is 36.9. The Morgan fingerprint density at radius 2 is 1.56 bits per heavy atom. The summed E-state index contributed by atoms with van der Waals surface area (Å²) in [4.78, 5) is 0. The molecule has 52 heavy (non-hydrogen) atoms. The van der Waals surface area contributed by atoms with E-state index in [0.29, 0.717) is 36.0 Å². The van der Waals surface area contributed by atoms with Crippen LogP contribution in [0.3, 0.4) is 0 Å². The molecule has 4 saturated carbocycles. The summed E-state index contributed by atoms with van der Waals surface area (Å²) in [6.45, 7) is 8.89. The molecule has 0 unspecified atom stereocenters. The van der Waals surface area contributed by atoms with Crippen molar-refractivity contribution in [3.05, 3.63) is 0 Å². The van der Waals surface area contributed by atoms with E-state index in [2.05, 4.69) is 27.7 Å². The van der Waals surface area contributed by atoms with Crippen LogP contribution in [0, 0.1) is 46.3 Å². The van der Waals surface area contributed by atoms with Crippen molar-refractivity contribution < 1.29 is 69.3 Å². The van der Waals surface area contributed by atoms with Crippen molar-refractivity contribution in [2.75, 3.05) is 19.8 Å². The molecular formula is C38H62O14. The molecule has 4 aliphatic heterocycles. The van der Waals surface area contributed by atoms with Crippen molar-refractivity contribution >= 4 is 0 Å². The van der Waals surface area contributed by atoms with Crippen LogP contribution >= 0.6 is 0 Å². The van der Waals surface area contributed by atoms with Crippen molar-refractivity contribution in [2.45, 2.75) is 170 Å². The third-order valence-corrected chi connectivity index (χ3v) is 16.0. The average molecular weight is 743 g/mol. The van der Waals surface area contributed by atoms with Gasteiger partial charge in [0.2, 0.25) is 0 Å². The van der Waals surface area contributed by atoms with Gasteiger partial charge in [0.15, 0.2) is 18.4 Å². The predicted molar refractivity (Wildman–Crippen MR) is 180 cm³/mol. The molecule has 8 rings (SSSR count). The highest BCUT2D eigenvalue weighted by atomic mass is 16.8. The molecule has 14 heteroatoms. The minimum absolute atomic E-state index is 0.0952. The van der Waals surface area contributed by atoms with Gasteiger partial charge in [-0.2, -0.15) is 0 Å². The van der Waals surface area contributed by atoms with E-state index in [0.717, 1.165) is 45.1 Å². The van der Waals surface area contributed by atoms with Gasteiger partial charge in [-0.25, -0.2) is 0 Å². The standard InChI is InChI=1S/C38H62O14/c1-17-5-10-38(48-15-17)18(2)27-24(52-38)12-22-20-6-9-37(46)13-19(11-26(41)36(37,4)21(20)7-8-35(22,27)3)49-34-32(28(42)23(40)16-47-34)51-33-31(45)30(44)29(43)25(14-39)50-33/h17-34,39-46H,5-16H2,1-4H3/t17-,18-,19-,20+,21-,22-,23-,24-,25+,26+,27-,28-,29+,30-,31+,32+,33-,34-,35-,36-,37-,38+/m0/s1. The van der Waals surface area contributed by atoms with Crippen LogP contribution in [0.4, 0.5) is 0 Å². The monoisotopic (exact) mass is 742 g/mol. The maximum absolute atomic E-state index is 12.6. The second kappa shape index (κ2) is 13.5. The number of aliphatic hydroxyl groups excluding tert-OH is 7. The molecule has 1 spiro atoms. The van der Waals surface area contributed by atoms with Crippen molar-refractivity contribution in [1.82, 2.24) is 0 Å². The second-order valence-electron chi connectivity index (χ2n) is 18.5. The van der Waals surface area contributed by atoms with E-state index in [1.807, 2.05) is 0 Å². The third-order valence-electron chi connectivity index (χ3n) is 16.0. The minimum Gasteiger partial charge on any atom is -0.394 e. The van der Waals surface area contributed by atoms with Gasteiger partial charge in [0.25, 0.3) is 0 Å². The van der Waals surface area contributed by atoms with E-state index in [1.165, 1.54) is 0 Å². The summed E-state index contributed by atoms with van der Waals surface area (Å²) in [6.07, 6.45) is -8.20. The van der Waals surface area contributed by atoms with Gasteiger partial charge in [-0.3, -0.25) is 0 Å². The Labute approximate surface area is 305 Å². The van der Waals surface area contributed by atoms with Crippen LogP contribution in [-0.4, -0.2) is 146 Å². The highest BCUT2D eigenvalue weighted by Crippen LogP contribution is 2.72. The number of aliphatic hydroxyl groups is 8. The van der Waals surface area contributed by atoms with Crippen molar-refractivity contribution in [3.63, 3.8) is 0 Å². The first kappa shape index (κ1) is 38.3. The predicted octanol–water partition coefficient (Wildman–Crippen LogP) is 0.167. The van der Waals surface area contributed by atoms with Gasteiger partial charge < -0.3 is 69.3 Å². The van der Waals surface area contributed by atoms with E-state index in [4.69, 9.17) is 28.4 Å². The van der Waals surface area contributed by atoms with Gasteiger partial charge in [0.1, 0.15) is 42.7 Å². The van der Waals surface area contributed by atoms with Crippen LogP contribution in [0.1, 0.15) is 85.5 Å². The number of hydrogen-bond acceptors (Lipinski definition) is 14. The van der Waals surface area contributed by atoms with Crippen molar-refractivity contribution in [3.8, 4) is 0 Å². The van der Waals surface area contributed by atoms with E-state index in [9.17, 15) is 40.9 Å². The molecular weight excluding hydrogens is 680 g/mol. The largest absolute Gasteiger partial charge is 0.394 e. The summed E-state index contributed by atoms with van der Waals surface area (Å²) in [5, 5.41) is 86.7. The van der Waals surface area contributed by atoms with Crippen LogP contribution in [0.2, 0.25) is 0 Å². The number of ether oxygens (including phenoxy) is 6. The molecule has 0 aromatic heterocycles. The molecule has 0 radical (unpaired) electrons. The lowest BCUT2D eigenvalue weighted by molar-refractivity contribution is -0.366. The Hall–Kier alpha value is -0.560. The SMILES string of the molecule is C[C@H]1CC[C@@]2(OC1)O[C@H]1C[C@H]3[C@@H]4CC[C@]5(O)C[C@@H](O[C@@H]6OC[C@H](O)[C@H](O)[C@H]6O[C@@H]6O[C@H](CO)[C@@H](O)[C@H](O)[C@H]6O)C[C@@H](O)[C@]5(C)[C@H]4CC[C@]3(C)[C@H]1[C@@H]2C. The lowest BCUT2D eigenvalue weighted by Gasteiger charge is -2.65. The Bertz CT molecular complexity index is 1300. The Kier molecular flexibility index (Phi) is 9.97. The lowest BCUT2D eigenvalue weighted by Crippen LogP contribution is -2.68. The highest BCUT2D eigenvalue weighted by molar-refractivity contribution is 5.19. The highest BCUT2D eigenvalue weighted by Gasteiger charge is 2.72. The fraction of sp³-hybridized carbons (Fsp3) is 1.00. The fourth-order valence-electron chi connectivity index (χ4n) is 13.0. The fourth-order valence-corrected chi connectivity index (χ4v) is 13.0. The zero-order valence-electron chi connectivity index (χ0n) is 30.9. The average Bonchev–Trinajstić information content (AvgIpc) is 3.56. The molecule has 0 aromatic rings. The first-order valence-corrected chi connectivity index (χ1v) is 19.9. The van der Waals surface area contributed by atoms with Gasteiger partial charge >= 0.3 is 0 Å². The zero-order valence-corrected chi connectivity index (χ0v) is 30.9. The van der Waals surface area contributed by atoms with Gasteiger partial charge in [-0.05, 0) is 73.5 Å². The van der Waals surface area contributed by atoms with E-state index in [-0.39, 0.29) is 36.9 Å². The van der Waals surface area contributed by atoms with Crippen LogP contribution in [0.5, 0.6) is 0 Å². The molecule has 4 saturated heterocycles. The normalized spacial score (nSPS) is 60.5. The summed E-state index contributed by atoms with van der Waals surface area (Å²) in [5.74, 6) is 1.67. The second-order valence-corrected chi connectivity index (χ2v) is 18.5. The number of hydrogen-bond donors (Lipinski definition) is 8. The molecule has 14 nitrogen and oxygen atoms in total. The summed E-state index contributed by atoms with van der Waals surface area (Å²) in [7, 11) is 0. The first-order valence-electron chi connectivity index (χ1n) is 19.9. The molecule has 0 aromatic carbocycles. The van der Waals surface area contributed by atoms with Crippen LogP contribution in [-0.2, 0) is 28.4 Å². The molecule has 8 fully saturated rings. The zero-order chi connectivity index (χ0) is 37.1. The quantitative estimate of drug-likeness (QED) is 0.176. The van der Waals surface area contributed by atoms with E-state index < -0.39 is 90.9 Å². The van der Waals surface area contributed by atoms with E-state index >= 15 is 0 Å². The first-order chi connectivity index (χ1) is 24.6. The van der Waals surface area contributed by atoms with Crippen LogP contribution in [0.25, 0.3) is 0 Å². The Balaban J connectivity index is 0.967. The smallest absolute Gasteiger partial charge is 0.187 e. The minimum atomic E-state index is -1.74. The van der Waals surface area contributed by atoms with Crippen molar-refractivity contribution in [2.24, 2.45) is 46.3 Å². The summed E-state index contributed by atoms with van der Waals surface area (Å²) in [5.41, 5.74) is -1.92. The third kappa shape index (κ3) is 5.64. The van der Waals surface area contributed by atoms with Gasteiger partial charge in [-0.1, -0.05) is 27.7 Å². The molecule has 4 heterocycles. The molecule has 22 atom stereocenters. The summed E-state index contributed by atoms with van der Waals surface area (Å²) in [6, 6.07) is 0. The number of rotatable bonds is 5. The van der Waals surface area contributed by atoms with Crippen molar-refractivity contribution in [1.29, 1.82) is 0 Å². The molecule has 0 amide bonds. The maximum atomic E-state index is 12.6. The molecule has 8 N–H and O–H groups in total. The van der Waals surface area contributed by atoms with Gasteiger partial charge in [0.05, 0.1) is 43.7 Å². The number of fused-ring (bicyclic) bond motifs is 7. The Morgan fingerprint density at radius 1 is 0.788 bits per heavy atom. The summed E-state index contributed by atoms with van der Waals surface area (Å²) >= 11 is 0. The lowest BCUT2D eigenvalue weighted by atomic mass is 9.42. The maximum Gasteiger partial charge on any atom is 0.187 e. The van der Waals surface area contributed by atoms with E-state index in [1.54, 1.807) is 0 Å². The van der Waals surface area contributed by atoms with Gasteiger partial charge in [-0.15, -0.1) is 0 Å². The molecule has 8 aliphatic rings.